The monoisotopic (exact) mass is 373 g/mol. The topological polar surface area (TPSA) is 37.4 Å². The maximum atomic E-state index is 13.8. The highest BCUT2D eigenvalue weighted by Gasteiger charge is 2.57. The van der Waals surface area contributed by atoms with E-state index in [0.717, 1.165) is 10.0 Å². The van der Waals surface area contributed by atoms with Crippen LogP contribution in [0.5, 0.6) is 0 Å². The molecule has 1 aliphatic heterocycles. The molecule has 5 heteroatoms. The third-order valence-corrected chi connectivity index (χ3v) is 5.25. The van der Waals surface area contributed by atoms with Gasteiger partial charge < -0.3 is 0 Å². The lowest BCUT2D eigenvalue weighted by atomic mass is 9.69. The summed E-state index contributed by atoms with van der Waals surface area (Å²) < 4.78 is 14.7. The largest absolute Gasteiger partial charge is 0.269 e. The van der Waals surface area contributed by atoms with Gasteiger partial charge in [0.2, 0.25) is 0 Å². The molecule has 0 bridgehead atoms. The van der Waals surface area contributed by atoms with Crippen LogP contribution in [0.4, 0.5) is 4.39 Å². The van der Waals surface area contributed by atoms with E-state index in [1.807, 2.05) is 24.3 Å². The third-order valence-electron chi connectivity index (χ3n) is 4.72. The van der Waals surface area contributed by atoms with Crippen LogP contribution in [0.1, 0.15) is 39.1 Å². The molecule has 0 aromatic heterocycles. The molecule has 4 rings (SSSR count). The van der Waals surface area contributed by atoms with Crippen molar-refractivity contribution >= 4 is 27.7 Å². The minimum Gasteiger partial charge on any atom is -0.269 e. The second-order valence-electron chi connectivity index (χ2n) is 6.04. The first-order valence-corrected chi connectivity index (χ1v) is 8.20. The number of nitrogens with zero attached hydrogens (tertiary/aromatic N) is 1. The van der Waals surface area contributed by atoms with Crippen LogP contribution in [0.15, 0.2) is 53.0 Å². The molecule has 2 amide bonds. The van der Waals surface area contributed by atoms with Crippen LogP contribution in [-0.2, 0) is 5.54 Å². The zero-order chi connectivity index (χ0) is 16.2. The lowest BCUT2D eigenvalue weighted by Crippen LogP contribution is -2.58. The molecule has 0 saturated heterocycles. The number of halogens is 2. The first-order valence-electron chi connectivity index (χ1n) is 7.41. The average Bonchev–Trinajstić information content (AvgIpc) is 2.77. The van der Waals surface area contributed by atoms with Crippen molar-refractivity contribution < 1.29 is 14.0 Å². The van der Waals surface area contributed by atoms with Crippen molar-refractivity contribution in [1.29, 1.82) is 0 Å². The Morgan fingerprint density at radius 2 is 1.48 bits per heavy atom. The van der Waals surface area contributed by atoms with Gasteiger partial charge in [0.05, 0.1) is 16.7 Å². The molecule has 0 spiro atoms. The summed E-state index contributed by atoms with van der Waals surface area (Å²) in [5.74, 6) is -0.666. The Labute approximate surface area is 141 Å². The molecular formula is C18H13BrFNO2. The Bertz CT molecular complexity index is 777. The Balaban J connectivity index is 1.82. The van der Waals surface area contributed by atoms with Gasteiger partial charge in [0.25, 0.3) is 11.8 Å². The first kappa shape index (κ1) is 14.6. The van der Waals surface area contributed by atoms with Gasteiger partial charge in [-0.2, -0.15) is 0 Å². The van der Waals surface area contributed by atoms with Gasteiger partial charge in [-0.05, 0) is 29.8 Å². The predicted molar refractivity (Wildman–Crippen MR) is 86.9 cm³/mol. The first-order chi connectivity index (χ1) is 11.0. The highest BCUT2D eigenvalue weighted by molar-refractivity contribution is 9.10. The third kappa shape index (κ3) is 1.99. The molecule has 0 unspecified atom stereocenters. The van der Waals surface area contributed by atoms with Crippen molar-refractivity contribution in [3.8, 4) is 0 Å². The van der Waals surface area contributed by atoms with Gasteiger partial charge in [-0.25, -0.2) is 4.39 Å². The Kier molecular flexibility index (Phi) is 3.17. The van der Waals surface area contributed by atoms with E-state index in [2.05, 4.69) is 15.9 Å². The van der Waals surface area contributed by atoms with E-state index < -0.39 is 11.7 Å². The van der Waals surface area contributed by atoms with Crippen molar-refractivity contribution in [3.63, 3.8) is 0 Å². The van der Waals surface area contributed by atoms with Gasteiger partial charge in [0.15, 0.2) is 0 Å². The summed E-state index contributed by atoms with van der Waals surface area (Å²) in [6.07, 6.45) is -0.692. The second kappa shape index (κ2) is 4.99. The standard InChI is InChI=1S/C18H13BrFNO2/c19-12-7-5-11(6-8-12)18(9-13(20)10-18)21-16(22)14-3-1-2-4-15(14)17(21)23/h1-8,13H,9-10H2/t13-,18-. The summed E-state index contributed by atoms with van der Waals surface area (Å²) >= 11 is 3.37. The van der Waals surface area contributed by atoms with Crippen molar-refractivity contribution in [1.82, 2.24) is 4.90 Å². The summed E-state index contributed by atoms with van der Waals surface area (Å²) in [5, 5.41) is 0. The fourth-order valence-corrected chi connectivity index (χ4v) is 3.82. The Hall–Kier alpha value is -2.01. The van der Waals surface area contributed by atoms with Crippen LogP contribution < -0.4 is 0 Å². The number of carbonyl (C=O) groups excluding carboxylic acids is 2. The SMILES string of the molecule is O=C1c2ccccc2C(=O)N1[C@]1(c2ccc(Br)cc2)C[C@@H](F)C1. The number of imide groups is 1. The van der Waals surface area contributed by atoms with Gasteiger partial charge in [-0.15, -0.1) is 0 Å². The molecule has 1 aliphatic carbocycles. The highest BCUT2D eigenvalue weighted by Crippen LogP contribution is 2.50. The van der Waals surface area contributed by atoms with E-state index in [0.29, 0.717) is 11.1 Å². The van der Waals surface area contributed by atoms with Crippen LogP contribution in [0.3, 0.4) is 0 Å². The van der Waals surface area contributed by atoms with Gasteiger partial charge in [0.1, 0.15) is 6.17 Å². The summed E-state index contributed by atoms with van der Waals surface area (Å²) in [7, 11) is 0. The minimum absolute atomic E-state index is 0.153. The van der Waals surface area contributed by atoms with Crippen molar-refractivity contribution in [3.05, 3.63) is 69.7 Å². The number of hydrogen-bond acceptors (Lipinski definition) is 2. The van der Waals surface area contributed by atoms with E-state index in [1.54, 1.807) is 24.3 Å². The summed E-state index contributed by atoms with van der Waals surface area (Å²) in [6, 6.07) is 14.2. The number of hydrogen-bond donors (Lipinski definition) is 0. The summed E-state index contributed by atoms with van der Waals surface area (Å²) in [5.41, 5.74) is 0.713. The number of rotatable bonds is 2. The van der Waals surface area contributed by atoms with Gasteiger partial charge in [-0.3, -0.25) is 14.5 Å². The molecule has 3 nitrogen and oxygen atoms in total. The Morgan fingerprint density at radius 3 is 1.96 bits per heavy atom. The minimum atomic E-state index is -0.997. The smallest absolute Gasteiger partial charge is 0.262 e. The second-order valence-corrected chi connectivity index (χ2v) is 6.95. The number of alkyl halides is 1. The number of fused-ring (bicyclic) bond motifs is 1. The fourth-order valence-electron chi connectivity index (χ4n) is 3.56. The highest BCUT2D eigenvalue weighted by atomic mass is 79.9. The van der Waals surface area contributed by atoms with Crippen LogP contribution in [0.2, 0.25) is 0 Å². The van der Waals surface area contributed by atoms with Crippen LogP contribution >= 0.6 is 15.9 Å². The van der Waals surface area contributed by atoms with Gasteiger partial charge >= 0.3 is 0 Å². The lowest BCUT2D eigenvalue weighted by molar-refractivity contribution is -0.0172. The molecule has 0 atom stereocenters. The maximum absolute atomic E-state index is 13.8. The Morgan fingerprint density at radius 1 is 0.957 bits per heavy atom. The van der Waals surface area contributed by atoms with E-state index in [1.165, 1.54) is 4.90 Å². The number of carbonyl (C=O) groups is 2. The van der Waals surface area contributed by atoms with Crippen molar-refractivity contribution in [2.24, 2.45) is 0 Å². The quantitative estimate of drug-likeness (QED) is 0.744. The molecule has 1 saturated carbocycles. The zero-order valence-electron chi connectivity index (χ0n) is 12.1. The number of amides is 2. The molecule has 1 heterocycles. The van der Waals surface area contributed by atoms with Crippen LogP contribution in [0.25, 0.3) is 0 Å². The van der Waals surface area contributed by atoms with Crippen molar-refractivity contribution in [2.75, 3.05) is 0 Å². The summed E-state index contributed by atoms with van der Waals surface area (Å²) in [4.78, 5) is 26.8. The van der Waals surface area contributed by atoms with Gasteiger partial charge in [0, 0.05) is 17.3 Å². The van der Waals surface area contributed by atoms with Crippen LogP contribution in [0, 0.1) is 0 Å². The molecular weight excluding hydrogens is 361 g/mol. The molecule has 2 aromatic rings. The molecule has 0 radical (unpaired) electrons. The molecule has 0 N–H and O–H groups in total. The maximum Gasteiger partial charge on any atom is 0.262 e. The number of benzene rings is 2. The van der Waals surface area contributed by atoms with Gasteiger partial charge in [-0.1, -0.05) is 40.2 Å². The molecule has 23 heavy (non-hydrogen) atoms. The molecule has 2 aliphatic rings. The predicted octanol–water partition coefficient (Wildman–Crippen LogP) is 4.07. The van der Waals surface area contributed by atoms with E-state index in [9.17, 15) is 14.0 Å². The molecule has 1 fully saturated rings. The average molecular weight is 374 g/mol. The molecule has 2 aromatic carbocycles. The van der Waals surface area contributed by atoms with E-state index >= 15 is 0 Å². The van der Waals surface area contributed by atoms with E-state index in [-0.39, 0.29) is 24.7 Å². The van der Waals surface area contributed by atoms with E-state index in [4.69, 9.17) is 0 Å². The normalized spacial score (nSPS) is 26.2. The van der Waals surface area contributed by atoms with Crippen LogP contribution in [-0.4, -0.2) is 22.9 Å². The fraction of sp³-hybridized carbons (Fsp3) is 0.222. The summed E-state index contributed by atoms with van der Waals surface area (Å²) in [6.45, 7) is 0. The lowest BCUT2D eigenvalue weighted by Gasteiger charge is -2.49. The zero-order valence-corrected chi connectivity index (χ0v) is 13.7. The van der Waals surface area contributed by atoms with Crippen molar-refractivity contribution in [2.45, 2.75) is 24.6 Å². The molecule has 116 valence electrons.